The Hall–Kier alpha value is -1.94. The summed E-state index contributed by atoms with van der Waals surface area (Å²) in [5.41, 5.74) is 0. The van der Waals surface area contributed by atoms with Crippen LogP contribution in [0.25, 0.3) is 0 Å². The Morgan fingerprint density at radius 3 is 0.800 bits per heavy atom. The number of carbonyl (C=O) groups excluding carboxylic acids is 4. The molecule has 0 aromatic carbocycles. The van der Waals surface area contributed by atoms with E-state index in [1.807, 2.05) is 0 Å². The van der Waals surface area contributed by atoms with Crippen LogP contribution < -0.4 is 0 Å². The van der Waals surface area contributed by atoms with Gasteiger partial charge in [-0.3, -0.25) is 37.3 Å². The van der Waals surface area contributed by atoms with Gasteiger partial charge in [-0.15, -0.1) is 0 Å². The minimum atomic E-state index is -4.96. The molecule has 3 N–H and O–H groups in total. The molecular weight excluding hydrogens is 1250 g/mol. The molecule has 0 aliphatic heterocycles. The zero-order valence-corrected chi connectivity index (χ0v) is 63.9. The van der Waals surface area contributed by atoms with Crippen LogP contribution in [0.4, 0.5) is 0 Å². The van der Waals surface area contributed by atoms with Crippen LogP contribution in [0.2, 0.25) is 0 Å². The summed E-state index contributed by atoms with van der Waals surface area (Å²) in [6.07, 6.45) is 52.6. The van der Waals surface area contributed by atoms with Gasteiger partial charge in [-0.25, -0.2) is 9.13 Å². The second-order valence-electron chi connectivity index (χ2n) is 28.6. The van der Waals surface area contributed by atoms with Gasteiger partial charge in [0.1, 0.15) is 19.3 Å². The number of phosphoric ester groups is 2. The molecule has 0 heterocycles. The molecule has 3 unspecified atom stereocenters. The van der Waals surface area contributed by atoms with Gasteiger partial charge in [0.2, 0.25) is 0 Å². The quantitative estimate of drug-likeness (QED) is 0.0222. The molecule has 0 bridgehead atoms. The normalized spacial score (nSPS) is 14.4. The van der Waals surface area contributed by atoms with Crippen molar-refractivity contribution < 1.29 is 80.2 Å². The van der Waals surface area contributed by atoms with Crippen molar-refractivity contribution in [1.29, 1.82) is 0 Å². The van der Waals surface area contributed by atoms with Crippen LogP contribution in [0, 0.1) is 17.8 Å². The van der Waals surface area contributed by atoms with E-state index in [1.54, 1.807) is 0 Å². The number of phosphoric acid groups is 2. The summed E-state index contributed by atoms with van der Waals surface area (Å²) >= 11 is 0. The van der Waals surface area contributed by atoms with E-state index in [0.29, 0.717) is 25.7 Å². The summed E-state index contributed by atoms with van der Waals surface area (Å²) in [5, 5.41) is 10.6. The van der Waals surface area contributed by atoms with Gasteiger partial charge < -0.3 is 33.8 Å². The number of hydrogen-bond donors (Lipinski definition) is 3. The van der Waals surface area contributed by atoms with Gasteiger partial charge in [-0.1, -0.05) is 337 Å². The Labute approximate surface area is 581 Å². The molecule has 0 aromatic rings. The van der Waals surface area contributed by atoms with E-state index in [2.05, 4.69) is 48.5 Å². The van der Waals surface area contributed by atoms with Crippen LogP contribution in [0.3, 0.4) is 0 Å². The van der Waals surface area contributed by atoms with Gasteiger partial charge in [-0.2, -0.15) is 0 Å². The van der Waals surface area contributed by atoms with E-state index in [-0.39, 0.29) is 25.7 Å². The van der Waals surface area contributed by atoms with Crippen molar-refractivity contribution in [2.24, 2.45) is 17.8 Å². The molecule has 0 amide bonds. The summed E-state index contributed by atoms with van der Waals surface area (Å²) in [5.74, 6) is 0.268. The van der Waals surface area contributed by atoms with Gasteiger partial charge in [0.05, 0.1) is 26.4 Å². The van der Waals surface area contributed by atoms with Crippen LogP contribution >= 0.6 is 15.6 Å². The van der Waals surface area contributed by atoms with Gasteiger partial charge in [0.25, 0.3) is 0 Å². The highest BCUT2D eigenvalue weighted by molar-refractivity contribution is 7.47. The molecule has 19 heteroatoms. The third-order valence-corrected chi connectivity index (χ3v) is 19.9. The molecule has 0 spiro atoms. The Bertz CT molecular complexity index is 1850. The Morgan fingerprint density at radius 1 is 0.305 bits per heavy atom. The summed E-state index contributed by atoms with van der Waals surface area (Å²) in [4.78, 5) is 72.7. The topological polar surface area (TPSA) is 237 Å². The molecule has 0 rings (SSSR count). The molecule has 564 valence electrons. The minimum Gasteiger partial charge on any atom is -0.462 e. The van der Waals surface area contributed by atoms with Crippen molar-refractivity contribution >= 4 is 39.5 Å². The largest absolute Gasteiger partial charge is 0.472 e. The number of aliphatic hydroxyl groups is 1. The Kier molecular flexibility index (Phi) is 65.2. The van der Waals surface area contributed by atoms with Crippen LogP contribution in [0.15, 0.2) is 0 Å². The molecule has 0 aliphatic carbocycles. The summed E-state index contributed by atoms with van der Waals surface area (Å²) in [6, 6.07) is 0. The van der Waals surface area contributed by atoms with Crippen LogP contribution in [-0.2, 0) is 65.4 Å². The molecule has 0 saturated heterocycles. The summed E-state index contributed by atoms with van der Waals surface area (Å²) in [6.45, 7) is 11.9. The number of unbranched alkanes of at least 4 members (excludes halogenated alkanes) is 41. The predicted octanol–water partition coefficient (Wildman–Crippen LogP) is 22.2. The fraction of sp³-hybridized carbons (Fsp3) is 0.947. The van der Waals surface area contributed by atoms with Gasteiger partial charge >= 0.3 is 39.5 Å². The minimum absolute atomic E-state index is 0.106. The summed E-state index contributed by atoms with van der Waals surface area (Å²) < 4.78 is 68.5. The predicted molar refractivity (Wildman–Crippen MR) is 386 cm³/mol. The van der Waals surface area contributed by atoms with Crippen molar-refractivity contribution in [1.82, 2.24) is 0 Å². The maximum absolute atomic E-state index is 13.1. The molecule has 0 aliphatic rings. The third kappa shape index (κ3) is 69.0. The van der Waals surface area contributed by atoms with Gasteiger partial charge in [-0.05, 0) is 43.4 Å². The lowest BCUT2D eigenvalue weighted by Crippen LogP contribution is -2.30. The fourth-order valence-corrected chi connectivity index (χ4v) is 13.1. The highest BCUT2D eigenvalue weighted by atomic mass is 31.2. The second-order valence-corrected chi connectivity index (χ2v) is 31.5. The number of hydrogen-bond acceptors (Lipinski definition) is 15. The van der Waals surface area contributed by atoms with Crippen LogP contribution in [0.1, 0.15) is 389 Å². The maximum atomic E-state index is 13.1. The number of carbonyl (C=O) groups is 4. The molecule has 0 aromatic heterocycles. The lowest BCUT2D eigenvalue weighted by molar-refractivity contribution is -0.161. The monoisotopic (exact) mass is 1400 g/mol. The van der Waals surface area contributed by atoms with Crippen LogP contribution in [0.5, 0.6) is 0 Å². The van der Waals surface area contributed by atoms with Crippen LogP contribution in [-0.4, -0.2) is 96.7 Å². The van der Waals surface area contributed by atoms with Crippen molar-refractivity contribution in [2.45, 2.75) is 407 Å². The van der Waals surface area contributed by atoms with Gasteiger partial charge in [0.15, 0.2) is 12.2 Å². The standard InChI is InChI=1S/C76H148O17P2/c1-8-10-11-12-13-36-43-50-57-73(78)86-63-71(92-76(81)60-53-46-39-32-26-25-29-35-42-49-56-69(7)9-2)65-90-94(82,83)88-61-70(77)62-89-95(84,85)91-66-72(64-87-74(79)58-51-44-37-30-23-20-19-22-28-34-41-48-55-68(5)6)93-75(80)59-52-45-38-31-24-18-16-14-15-17-21-27-33-40-47-54-67(3)4/h67-72,77H,8-66H2,1-7H3,(H,82,83)(H,84,85)/t69?,70-,71+,72+/m0/s1. The van der Waals surface area contributed by atoms with E-state index in [1.165, 1.54) is 193 Å². The average Bonchev–Trinajstić information content (AvgIpc) is 1.93. The van der Waals surface area contributed by atoms with E-state index < -0.39 is 97.5 Å². The van der Waals surface area contributed by atoms with E-state index in [9.17, 15) is 43.2 Å². The molecule has 0 fully saturated rings. The number of rotatable bonds is 74. The van der Waals surface area contributed by atoms with Crippen molar-refractivity contribution in [3.05, 3.63) is 0 Å². The first-order valence-electron chi connectivity index (χ1n) is 39.4. The molecule has 0 radical (unpaired) electrons. The lowest BCUT2D eigenvalue weighted by atomic mass is 9.99. The zero-order chi connectivity index (χ0) is 70.1. The SMILES string of the molecule is CCCCCCCCCCC(=O)OC[C@H](COP(=O)(O)OC[C@H](O)COP(=O)(O)OC[C@@H](COC(=O)CCCCCCCCCCCCCCC(C)C)OC(=O)CCCCCCCCCCCCCCCCCC(C)C)OC(=O)CCCCCCCCCCCCC(C)CC. The number of aliphatic hydroxyl groups excluding tert-OH is 1. The molecule has 17 nitrogen and oxygen atoms in total. The highest BCUT2D eigenvalue weighted by Crippen LogP contribution is 2.45. The first kappa shape index (κ1) is 93.1. The highest BCUT2D eigenvalue weighted by Gasteiger charge is 2.30. The Balaban J connectivity index is 5.22. The van der Waals surface area contributed by atoms with Gasteiger partial charge in [0, 0.05) is 25.7 Å². The average molecular weight is 1400 g/mol. The van der Waals surface area contributed by atoms with Crippen molar-refractivity contribution in [2.75, 3.05) is 39.6 Å². The van der Waals surface area contributed by atoms with Crippen molar-refractivity contribution in [3.8, 4) is 0 Å². The Morgan fingerprint density at radius 2 is 0.537 bits per heavy atom. The summed E-state index contributed by atoms with van der Waals surface area (Å²) in [7, 11) is -9.91. The zero-order valence-electron chi connectivity index (χ0n) is 62.1. The van der Waals surface area contributed by atoms with Crippen molar-refractivity contribution in [3.63, 3.8) is 0 Å². The lowest BCUT2D eigenvalue weighted by Gasteiger charge is -2.21. The van der Waals surface area contributed by atoms with E-state index in [0.717, 1.165) is 114 Å². The number of esters is 4. The maximum Gasteiger partial charge on any atom is 0.472 e. The second kappa shape index (κ2) is 66.6. The molecule has 95 heavy (non-hydrogen) atoms. The molecule has 6 atom stereocenters. The first-order valence-corrected chi connectivity index (χ1v) is 42.4. The molecule has 0 saturated carbocycles. The van der Waals surface area contributed by atoms with E-state index in [4.69, 9.17) is 37.0 Å². The smallest absolute Gasteiger partial charge is 0.462 e. The molecular formula is C76H148O17P2. The third-order valence-electron chi connectivity index (χ3n) is 18.0. The van der Waals surface area contributed by atoms with E-state index >= 15 is 0 Å². The fourth-order valence-electron chi connectivity index (χ4n) is 11.6. The first-order chi connectivity index (χ1) is 45.8. The number of ether oxygens (including phenoxy) is 4.